The molecule has 0 bridgehead atoms. The van der Waals surface area contributed by atoms with Gasteiger partial charge in [0, 0.05) is 35.4 Å². The third-order valence-electron chi connectivity index (χ3n) is 6.11. The summed E-state index contributed by atoms with van der Waals surface area (Å²) in [7, 11) is 0. The monoisotopic (exact) mass is 452 g/mol. The first-order chi connectivity index (χ1) is 15.6. The van der Waals surface area contributed by atoms with E-state index in [1.807, 2.05) is 11.4 Å². The van der Waals surface area contributed by atoms with Crippen LogP contribution in [0.2, 0.25) is 0 Å². The van der Waals surface area contributed by atoms with E-state index in [1.165, 1.54) is 11.3 Å². The summed E-state index contributed by atoms with van der Waals surface area (Å²) in [5.74, 6) is 2.49. The van der Waals surface area contributed by atoms with Crippen molar-refractivity contribution in [2.45, 2.75) is 64.3 Å². The van der Waals surface area contributed by atoms with Gasteiger partial charge in [0.25, 0.3) is 0 Å². The first-order valence-electron chi connectivity index (χ1n) is 11.3. The number of nitrogens with one attached hydrogen (secondary N) is 3. The van der Waals surface area contributed by atoms with Gasteiger partial charge in [-0.15, -0.1) is 11.3 Å². The number of aromatic nitrogens is 5. The Morgan fingerprint density at radius 2 is 2.16 bits per heavy atom. The summed E-state index contributed by atoms with van der Waals surface area (Å²) >= 11 is 1.42. The Hall–Kier alpha value is -3.01. The Kier molecular flexibility index (Phi) is 5.77. The number of nitrogens with zero attached hydrogens (tertiary/aromatic N) is 5. The molecule has 32 heavy (non-hydrogen) atoms. The van der Waals surface area contributed by atoms with E-state index in [0.717, 1.165) is 73.7 Å². The quantitative estimate of drug-likeness (QED) is 0.518. The van der Waals surface area contributed by atoms with Crippen molar-refractivity contribution in [3.63, 3.8) is 0 Å². The van der Waals surface area contributed by atoms with Crippen molar-refractivity contribution in [2.24, 2.45) is 0 Å². The van der Waals surface area contributed by atoms with Crippen LogP contribution in [0.15, 0.2) is 17.6 Å². The molecule has 1 atom stereocenters. The minimum atomic E-state index is -0.308. The lowest BCUT2D eigenvalue weighted by Crippen LogP contribution is -2.48. The number of carbonyl (C=O) groups is 1. The van der Waals surface area contributed by atoms with Crippen LogP contribution in [0.1, 0.15) is 62.4 Å². The molecular weight excluding hydrogens is 424 g/mol. The number of thiazole rings is 1. The second kappa shape index (κ2) is 8.85. The number of H-pyrrole nitrogens is 1. The number of aromatic amines is 1. The zero-order valence-corrected chi connectivity index (χ0v) is 19.2. The molecule has 0 aromatic carbocycles. The number of hydrogen-bond donors (Lipinski definition) is 3. The second-order valence-corrected chi connectivity index (χ2v) is 9.57. The molecule has 0 radical (unpaired) electrons. The molecule has 1 fully saturated rings. The summed E-state index contributed by atoms with van der Waals surface area (Å²) in [6, 6.07) is 1.72. The summed E-state index contributed by atoms with van der Waals surface area (Å²) in [6.45, 7) is 5.02. The Bertz CT molecular complexity index is 1090. The summed E-state index contributed by atoms with van der Waals surface area (Å²) < 4.78 is 0. The number of anilines is 4. The van der Waals surface area contributed by atoms with Gasteiger partial charge in [0.1, 0.15) is 11.9 Å². The van der Waals surface area contributed by atoms with E-state index in [1.54, 1.807) is 6.20 Å². The van der Waals surface area contributed by atoms with Crippen LogP contribution in [0, 0.1) is 0 Å². The molecule has 1 aliphatic heterocycles. The molecule has 9 nitrogen and oxygen atoms in total. The number of fused-ring (bicyclic) bond motifs is 1. The largest absolute Gasteiger partial charge is 0.329 e. The zero-order valence-electron chi connectivity index (χ0n) is 18.4. The predicted octanol–water partition coefficient (Wildman–Crippen LogP) is 4.01. The van der Waals surface area contributed by atoms with Crippen LogP contribution in [-0.2, 0) is 17.6 Å². The zero-order chi connectivity index (χ0) is 22.1. The Morgan fingerprint density at radius 3 is 2.94 bits per heavy atom. The fourth-order valence-corrected chi connectivity index (χ4v) is 4.92. The van der Waals surface area contributed by atoms with Gasteiger partial charge in [-0.1, -0.05) is 13.8 Å². The third-order valence-corrected chi connectivity index (χ3v) is 6.80. The summed E-state index contributed by atoms with van der Waals surface area (Å²) in [6.07, 6.45) is 7.44. The third kappa shape index (κ3) is 4.19. The smallest absolute Gasteiger partial charge is 0.248 e. The number of rotatable bonds is 6. The normalized spacial score (nSPS) is 18.1. The van der Waals surface area contributed by atoms with Crippen LogP contribution in [0.5, 0.6) is 0 Å². The highest BCUT2D eigenvalue weighted by Gasteiger charge is 2.32. The molecule has 3 aromatic rings. The van der Waals surface area contributed by atoms with E-state index in [-0.39, 0.29) is 11.9 Å². The van der Waals surface area contributed by atoms with Crippen molar-refractivity contribution in [3.05, 3.63) is 34.6 Å². The minimum Gasteiger partial charge on any atom is -0.329 e. The van der Waals surface area contributed by atoms with E-state index in [4.69, 9.17) is 9.97 Å². The molecule has 2 aliphatic rings. The van der Waals surface area contributed by atoms with E-state index in [2.05, 4.69) is 44.6 Å². The molecule has 4 heterocycles. The van der Waals surface area contributed by atoms with Crippen molar-refractivity contribution in [1.29, 1.82) is 0 Å². The van der Waals surface area contributed by atoms with Gasteiger partial charge >= 0.3 is 0 Å². The highest BCUT2D eigenvalue weighted by Crippen LogP contribution is 2.32. The Balaban J connectivity index is 1.44. The van der Waals surface area contributed by atoms with Gasteiger partial charge in [0.15, 0.2) is 10.9 Å². The van der Waals surface area contributed by atoms with Crippen molar-refractivity contribution in [2.75, 3.05) is 22.1 Å². The molecule has 1 saturated heterocycles. The van der Waals surface area contributed by atoms with Crippen LogP contribution in [0.4, 0.5) is 22.7 Å². The standard InChI is InChI=1S/C22H28N8OS/c1-13(2)16-12-18(29-28-16)25-19-14-6-5-7-15(14)24-21(26-19)30-10-4-3-8-17(30)20(31)27-22-23-9-11-32-22/h9,11-13,17H,3-8,10H2,1-2H3,(H,23,27,31)(H2,24,25,26,28,29). The highest BCUT2D eigenvalue weighted by molar-refractivity contribution is 7.13. The maximum atomic E-state index is 13.1. The molecule has 1 amide bonds. The van der Waals surface area contributed by atoms with Gasteiger partial charge in [-0.3, -0.25) is 9.89 Å². The average molecular weight is 453 g/mol. The van der Waals surface area contributed by atoms with Crippen molar-refractivity contribution in [3.8, 4) is 0 Å². The lowest BCUT2D eigenvalue weighted by Gasteiger charge is -2.34. The summed E-state index contributed by atoms with van der Waals surface area (Å²) in [5.41, 5.74) is 3.30. The maximum Gasteiger partial charge on any atom is 0.248 e. The fourth-order valence-electron chi connectivity index (χ4n) is 4.39. The SMILES string of the molecule is CC(C)c1cc(Nc2nc(N3CCCCC3C(=O)Nc3nccs3)nc3c2CCC3)n[nH]1. The van der Waals surface area contributed by atoms with Crippen LogP contribution in [0.25, 0.3) is 0 Å². The van der Waals surface area contributed by atoms with Crippen LogP contribution < -0.4 is 15.5 Å². The Labute approximate surface area is 191 Å². The van der Waals surface area contributed by atoms with Crippen LogP contribution in [0.3, 0.4) is 0 Å². The van der Waals surface area contributed by atoms with E-state index >= 15 is 0 Å². The lowest BCUT2D eigenvalue weighted by atomic mass is 10.0. The number of hydrogen-bond acceptors (Lipinski definition) is 8. The molecular formula is C22H28N8OS. The molecule has 168 valence electrons. The van der Waals surface area contributed by atoms with Crippen LogP contribution in [-0.4, -0.2) is 43.6 Å². The molecule has 1 unspecified atom stereocenters. The summed E-state index contributed by atoms with van der Waals surface area (Å²) in [5, 5.41) is 16.3. The van der Waals surface area contributed by atoms with E-state index in [0.29, 0.717) is 17.0 Å². The number of aryl methyl sites for hydroxylation is 1. The van der Waals surface area contributed by atoms with Gasteiger partial charge in [0.2, 0.25) is 11.9 Å². The number of piperidine rings is 1. The molecule has 3 N–H and O–H groups in total. The highest BCUT2D eigenvalue weighted by atomic mass is 32.1. The van der Waals surface area contributed by atoms with Gasteiger partial charge in [-0.2, -0.15) is 10.1 Å². The Morgan fingerprint density at radius 1 is 1.25 bits per heavy atom. The summed E-state index contributed by atoms with van der Waals surface area (Å²) in [4.78, 5) is 29.1. The van der Waals surface area contributed by atoms with Gasteiger partial charge in [-0.25, -0.2) is 9.97 Å². The average Bonchev–Trinajstić information content (AvgIpc) is 3.55. The van der Waals surface area contributed by atoms with Crippen molar-refractivity contribution >= 4 is 40.0 Å². The topological polar surface area (TPSA) is 112 Å². The number of carbonyl (C=O) groups excluding carboxylic acids is 1. The minimum absolute atomic E-state index is 0.0489. The lowest BCUT2D eigenvalue weighted by molar-refractivity contribution is -0.117. The van der Waals surface area contributed by atoms with Gasteiger partial charge in [0.05, 0.1) is 5.69 Å². The van der Waals surface area contributed by atoms with E-state index in [9.17, 15) is 4.79 Å². The molecule has 3 aromatic heterocycles. The molecule has 5 rings (SSSR count). The molecule has 0 saturated carbocycles. The predicted molar refractivity (Wildman–Crippen MR) is 126 cm³/mol. The van der Waals surface area contributed by atoms with Crippen molar-refractivity contribution < 1.29 is 4.79 Å². The van der Waals surface area contributed by atoms with Gasteiger partial charge < -0.3 is 15.5 Å². The van der Waals surface area contributed by atoms with E-state index < -0.39 is 0 Å². The first kappa shape index (κ1) is 20.9. The molecule has 1 aliphatic carbocycles. The molecule has 10 heteroatoms. The molecule has 0 spiro atoms. The fraction of sp³-hybridized carbons (Fsp3) is 0.500. The second-order valence-electron chi connectivity index (χ2n) is 8.67. The van der Waals surface area contributed by atoms with Crippen LogP contribution >= 0.6 is 11.3 Å². The van der Waals surface area contributed by atoms with Gasteiger partial charge in [-0.05, 0) is 44.4 Å². The van der Waals surface area contributed by atoms with Crippen molar-refractivity contribution in [1.82, 2.24) is 25.1 Å². The number of amides is 1. The first-order valence-corrected chi connectivity index (χ1v) is 12.2. The maximum absolute atomic E-state index is 13.1.